The maximum Gasteiger partial charge on any atom is 0.338 e. The molecular formula is C16H25NO2. The van der Waals surface area contributed by atoms with Crippen molar-refractivity contribution in [3.05, 3.63) is 35.4 Å². The first-order valence-corrected chi connectivity index (χ1v) is 6.73. The zero-order valence-corrected chi connectivity index (χ0v) is 12.7. The first-order valence-electron chi connectivity index (χ1n) is 6.73. The Labute approximate surface area is 116 Å². The van der Waals surface area contributed by atoms with Gasteiger partial charge < -0.3 is 9.64 Å². The monoisotopic (exact) mass is 263 g/mol. The van der Waals surface area contributed by atoms with E-state index in [0.717, 1.165) is 13.0 Å². The Balaban J connectivity index is 2.49. The number of ether oxygens (including phenoxy) is 1. The second-order valence-electron chi connectivity index (χ2n) is 6.12. The van der Waals surface area contributed by atoms with E-state index < -0.39 is 0 Å². The average molecular weight is 263 g/mol. The van der Waals surface area contributed by atoms with Gasteiger partial charge in [0, 0.05) is 6.54 Å². The Bertz CT molecular complexity index is 402. The maximum absolute atomic E-state index is 11.8. The molecule has 1 aromatic carbocycles. The highest BCUT2D eigenvalue weighted by Crippen LogP contribution is 2.22. The molecule has 0 spiro atoms. The third kappa shape index (κ3) is 5.43. The average Bonchev–Trinajstić information content (AvgIpc) is 2.33. The molecule has 0 atom stereocenters. The van der Waals surface area contributed by atoms with Crippen LogP contribution in [0.1, 0.15) is 43.1 Å². The lowest BCUT2D eigenvalue weighted by molar-refractivity contribution is 0.0493. The molecule has 1 rings (SSSR count). The Hall–Kier alpha value is -1.35. The molecule has 0 aliphatic carbocycles. The van der Waals surface area contributed by atoms with Crippen molar-refractivity contribution >= 4 is 5.97 Å². The minimum Gasteiger partial charge on any atom is -0.462 e. The van der Waals surface area contributed by atoms with Crippen molar-refractivity contribution in [1.82, 2.24) is 4.90 Å². The molecule has 0 saturated carbocycles. The van der Waals surface area contributed by atoms with Crippen LogP contribution in [0.5, 0.6) is 0 Å². The lowest BCUT2D eigenvalue weighted by Crippen LogP contribution is -2.16. The van der Waals surface area contributed by atoms with Gasteiger partial charge >= 0.3 is 5.97 Å². The fourth-order valence-electron chi connectivity index (χ4n) is 1.74. The van der Waals surface area contributed by atoms with E-state index in [-0.39, 0.29) is 11.4 Å². The van der Waals surface area contributed by atoms with Crippen LogP contribution in [0.15, 0.2) is 24.3 Å². The first kappa shape index (κ1) is 15.7. The lowest BCUT2D eigenvalue weighted by atomic mass is 9.87. The molecule has 0 unspecified atom stereocenters. The zero-order valence-electron chi connectivity index (χ0n) is 12.7. The summed E-state index contributed by atoms with van der Waals surface area (Å²) in [7, 11) is 4.01. The molecule has 3 nitrogen and oxygen atoms in total. The van der Waals surface area contributed by atoms with Crippen LogP contribution in [0.2, 0.25) is 0 Å². The summed E-state index contributed by atoms with van der Waals surface area (Å²) in [5, 5.41) is 0. The molecule has 0 radical (unpaired) electrons. The summed E-state index contributed by atoms with van der Waals surface area (Å²) in [6.45, 7) is 7.86. The molecule has 0 heterocycles. The van der Waals surface area contributed by atoms with Gasteiger partial charge in [-0.05, 0) is 43.6 Å². The molecule has 0 fully saturated rings. The van der Waals surface area contributed by atoms with Gasteiger partial charge in [-0.15, -0.1) is 0 Å². The number of hydrogen-bond acceptors (Lipinski definition) is 3. The Kier molecular flexibility index (Phi) is 5.55. The van der Waals surface area contributed by atoms with Gasteiger partial charge in [0.15, 0.2) is 0 Å². The minimum atomic E-state index is -0.237. The Morgan fingerprint density at radius 2 is 1.74 bits per heavy atom. The molecule has 0 amide bonds. The zero-order chi connectivity index (χ0) is 14.5. The van der Waals surface area contributed by atoms with Crippen molar-refractivity contribution in [1.29, 1.82) is 0 Å². The normalized spacial score (nSPS) is 11.7. The molecular weight excluding hydrogens is 238 g/mol. The van der Waals surface area contributed by atoms with Crippen molar-refractivity contribution in [2.24, 2.45) is 0 Å². The fourth-order valence-corrected chi connectivity index (χ4v) is 1.74. The van der Waals surface area contributed by atoms with Crippen LogP contribution in [0.4, 0.5) is 0 Å². The van der Waals surface area contributed by atoms with Crippen LogP contribution in [0.3, 0.4) is 0 Å². The number of carbonyl (C=O) groups excluding carboxylic acids is 1. The molecule has 19 heavy (non-hydrogen) atoms. The lowest BCUT2D eigenvalue weighted by Gasteiger charge is -2.19. The van der Waals surface area contributed by atoms with Gasteiger partial charge in [0.2, 0.25) is 0 Å². The fraction of sp³-hybridized carbons (Fsp3) is 0.562. The maximum atomic E-state index is 11.8. The summed E-state index contributed by atoms with van der Waals surface area (Å²) in [4.78, 5) is 13.9. The van der Waals surface area contributed by atoms with Crippen LogP contribution in [0, 0.1) is 0 Å². The highest BCUT2D eigenvalue weighted by atomic mass is 16.5. The highest BCUT2D eigenvalue weighted by molar-refractivity contribution is 5.89. The Morgan fingerprint density at radius 3 is 2.21 bits per heavy atom. The topological polar surface area (TPSA) is 29.5 Å². The van der Waals surface area contributed by atoms with E-state index in [4.69, 9.17) is 4.74 Å². The van der Waals surface area contributed by atoms with Gasteiger partial charge in [0.25, 0.3) is 0 Å². The third-order valence-electron chi connectivity index (χ3n) is 2.97. The van der Waals surface area contributed by atoms with Crippen LogP contribution >= 0.6 is 0 Å². The summed E-state index contributed by atoms with van der Waals surface area (Å²) >= 11 is 0. The number of nitrogens with zero attached hydrogens (tertiary/aromatic N) is 1. The summed E-state index contributed by atoms with van der Waals surface area (Å²) in [6.07, 6.45) is 0.860. The molecule has 0 saturated heterocycles. The minimum absolute atomic E-state index is 0.105. The number of rotatable bonds is 5. The third-order valence-corrected chi connectivity index (χ3v) is 2.97. The van der Waals surface area contributed by atoms with Crippen molar-refractivity contribution in [2.45, 2.75) is 32.6 Å². The van der Waals surface area contributed by atoms with Crippen LogP contribution in [0.25, 0.3) is 0 Å². The second kappa shape index (κ2) is 6.71. The number of hydrogen-bond donors (Lipinski definition) is 0. The van der Waals surface area contributed by atoms with Gasteiger partial charge in [0.05, 0.1) is 12.2 Å². The van der Waals surface area contributed by atoms with Gasteiger partial charge in [-0.25, -0.2) is 4.79 Å². The van der Waals surface area contributed by atoms with Crippen molar-refractivity contribution in [3.8, 4) is 0 Å². The Morgan fingerprint density at radius 1 is 1.16 bits per heavy atom. The molecule has 0 N–H and O–H groups in total. The van der Waals surface area contributed by atoms with Gasteiger partial charge in [-0.3, -0.25) is 0 Å². The largest absolute Gasteiger partial charge is 0.462 e. The van der Waals surface area contributed by atoms with E-state index in [1.807, 2.05) is 38.4 Å². The summed E-state index contributed by atoms with van der Waals surface area (Å²) < 4.78 is 5.24. The smallest absolute Gasteiger partial charge is 0.338 e. The number of carbonyl (C=O) groups is 1. The molecule has 1 aromatic rings. The molecule has 0 aliphatic heterocycles. The van der Waals surface area contributed by atoms with Gasteiger partial charge in [-0.2, -0.15) is 0 Å². The molecule has 3 heteroatoms. The van der Waals surface area contributed by atoms with Crippen LogP contribution in [-0.2, 0) is 10.2 Å². The number of esters is 1. The van der Waals surface area contributed by atoms with Crippen molar-refractivity contribution in [2.75, 3.05) is 27.2 Å². The SMILES string of the molecule is CN(C)CCCOC(=O)c1ccc(C(C)(C)C)cc1. The molecule has 0 aromatic heterocycles. The van der Waals surface area contributed by atoms with Crippen LogP contribution in [-0.4, -0.2) is 38.1 Å². The van der Waals surface area contributed by atoms with E-state index >= 15 is 0 Å². The van der Waals surface area contributed by atoms with E-state index in [2.05, 4.69) is 25.7 Å². The summed E-state index contributed by atoms with van der Waals surface area (Å²) in [6, 6.07) is 7.68. The molecule has 106 valence electrons. The number of benzene rings is 1. The second-order valence-corrected chi connectivity index (χ2v) is 6.12. The predicted octanol–water partition coefficient (Wildman–Crippen LogP) is 3.09. The van der Waals surface area contributed by atoms with E-state index in [9.17, 15) is 4.79 Å². The van der Waals surface area contributed by atoms with E-state index in [0.29, 0.717) is 12.2 Å². The standard InChI is InChI=1S/C16H25NO2/c1-16(2,3)14-9-7-13(8-10-14)15(18)19-12-6-11-17(4)5/h7-10H,6,11-12H2,1-5H3. The first-order chi connectivity index (χ1) is 8.80. The summed E-state index contributed by atoms with van der Waals surface area (Å²) in [5.41, 5.74) is 1.95. The summed E-state index contributed by atoms with van der Waals surface area (Å²) in [5.74, 6) is -0.237. The van der Waals surface area contributed by atoms with Crippen molar-refractivity contribution < 1.29 is 9.53 Å². The van der Waals surface area contributed by atoms with Gasteiger partial charge in [-0.1, -0.05) is 32.9 Å². The van der Waals surface area contributed by atoms with Gasteiger partial charge in [0.1, 0.15) is 0 Å². The molecule has 0 bridgehead atoms. The van der Waals surface area contributed by atoms with Crippen LogP contribution < -0.4 is 0 Å². The quantitative estimate of drug-likeness (QED) is 0.604. The van der Waals surface area contributed by atoms with E-state index in [1.54, 1.807) is 0 Å². The van der Waals surface area contributed by atoms with Crippen molar-refractivity contribution in [3.63, 3.8) is 0 Å². The predicted molar refractivity (Wildman–Crippen MR) is 78.6 cm³/mol. The van der Waals surface area contributed by atoms with E-state index in [1.165, 1.54) is 5.56 Å². The molecule has 0 aliphatic rings. The highest BCUT2D eigenvalue weighted by Gasteiger charge is 2.14.